The van der Waals surface area contributed by atoms with Gasteiger partial charge >= 0.3 is 0 Å². The number of aliphatic hydroxyl groups is 3. The molecular weight excluding hydrogens is 342 g/mol. The average Bonchev–Trinajstić information content (AvgIpc) is 2.95. The highest BCUT2D eigenvalue weighted by atomic mass is 16.5. The summed E-state index contributed by atoms with van der Waals surface area (Å²) < 4.78 is 6.25. The number of piperidine rings is 1. The number of ether oxygens (including phenoxy) is 1. The van der Waals surface area contributed by atoms with Crippen LogP contribution in [-0.2, 0) is 4.74 Å². The van der Waals surface area contributed by atoms with E-state index in [0.29, 0.717) is 12.2 Å². The van der Waals surface area contributed by atoms with Crippen LogP contribution in [0.2, 0.25) is 0 Å². The smallest absolute Gasteiger partial charge is 0.153 e. The van der Waals surface area contributed by atoms with Crippen LogP contribution in [0.1, 0.15) is 52.4 Å². The van der Waals surface area contributed by atoms with E-state index in [0.717, 1.165) is 31.8 Å². The van der Waals surface area contributed by atoms with Gasteiger partial charge in [0.1, 0.15) is 11.9 Å². The standard InChI is InChI=1S/C22H33NO4/c1-3-15(24)20-22-9-10-23(12-13-5-4-6-13)17(21(22,2)26)11-14-7-8-16(25)19(27-20)18(14)22/h7-8,13-15,17-18,20,24-26H,3-6,9-12H2,1-2H3/t14?,15?,17-,18?,20?,21-,22+/m1/s1. The lowest BCUT2D eigenvalue weighted by atomic mass is 9.47. The molecule has 2 saturated carbocycles. The molecule has 150 valence electrons. The molecule has 1 spiro atoms. The number of fused-ring (bicyclic) bond motifs is 1. The third-order valence-electron chi connectivity index (χ3n) is 8.61. The molecule has 2 saturated heterocycles. The van der Waals surface area contributed by atoms with Crippen molar-refractivity contribution in [2.24, 2.45) is 23.2 Å². The highest BCUT2D eigenvalue weighted by Crippen LogP contribution is 2.67. The van der Waals surface area contributed by atoms with Crippen molar-refractivity contribution in [2.45, 2.75) is 76.2 Å². The van der Waals surface area contributed by atoms with E-state index in [2.05, 4.69) is 11.0 Å². The molecule has 0 aromatic rings. The number of rotatable bonds is 4. The van der Waals surface area contributed by atoms with Gasteiger partial charge in [-0.2, -0.15) is 0 Å². The zero-order valence-corrected chi connectivity index (χ0v) is 16.5. The summed E-state index contributed by atoms with van der Waals surface area (Å²) in [6.07, 6.45) is 8.99. The van der Waals surface area contributed by atoms with Crippen LogP contribution in [-0.4, -0.2) is 57.2 Å². The molecular formula is C22H33NO4. The third kappa shape index (κ3) is 2.22. The van der Waals surface area contributed by atoms with Crippen LogP contribution in [0.15, 0.2) is 23.7 Å². The molecule has 5 heteroatoms. The highest BCUT2D eigenvalue weighted by molar-refractivity contribution is 5.37. The van der Waals surface area contributed by atoms with Gasteiger partial charge in [-0.1, -0.05) is 19.4 Å². The Hall–Kier alpha value is -1.04. The minimum Gasteiger partial charge on any atom is -0.504 e. The number of hydrogen-bond acceptors (Lipinski definition) is 5. The monoisotopic (exact) mass is 375 g/mol. The number of hydrogen-bond donors (Lipinski definition) is 3. The first-order valence-corrected chi connectivity index (χ1v) is 10.8. The van der Waals surface area contributed by atoms with Gasteiger partial charge in [-0.25, -0.2) is 0 Å². The molecule has 2 heterocycles. The fourth-order valence-electron chi connectivity index (χ4n) is 6.95. The van der Waals surface area contributed by atoms with Crippen molar-refractivity contribution in [1.29, 1.82) is 0 Å². The lowest BCUT2D eigenvalue weighted by Crippen LogP contribution is -2.74. The molecule has 4 fully saturated rings. The summed E-state index contributed by atoms with van der Waals surface area (Å²) in [5.41, 5.74) is -1.50. The van der Waals surface area contributed by atoms with E-state index in [9.17, 15) is 15.3 Å². The van der Waals surface area contributed by atoms with Crippen molar-refractivity contribution in [3.8, 4) is 0 Å². The van der Waals surface area contributed by atoms with Crippen LogP contribution in [0.5, 0.6) is 0 Å². The van der Waals surface area contributed by atoms with Gasteiger partial charge in [0.05, 0.1) is 17.1 Å². The van der Waals surface area contributed by atoms with Crippen LogP contribution >= 0.6 is 0 Å². The second-order valence-electron chi connectivity index (χ2n) is 9.75. The topological polar surface area (TPSA) is 73.2 Å². The van der Waals surface area contributed by atoms with Gasteiger partial charge in [-0.05, 0) is 63.5 Å². The molecule has 27 heavy (non-hydrogen) atoms. The fraction of sp³-hybridized carbons (Fsp3) is 0.818. The maximum atomic E-state index is 12.0. The van der Waals surface area contributed by atoms with E-state index in [1.807, 2.05) is 13.8 Å². The first-order chi connectivity index (χ1) is 12.9. The van der Waals surface area contributed by atoms with Gasteiger partial charge in [0.2, 0.25) is 0 Å². The number of nitrogens with zero attached hydrogens (tertiary/aromatic N) is 1. The minimum atomic E-state index is -0.954. The van der Waals surface area contributed by atoms with E-state index < -0.39 is 23.2 Å². The fourth-order valence-corrected chi connectivity index (χ4v) is 6.95. The molecule has 0 aromatic carbocycles. The second-order valence-corrected chi connectivity index (χ2v) is 9.75. The molecule has 3 aliphatic carbocycles. The Kier molecular flexibility index (Phi) is 3.99. The van der Waals surface area contributed by atoms with Crippen molar-refractivity contribution in [3.05, 3.63) is 23.7 Å². The molecule has 5 nitrogen and oxygen atoms in total. The number of aliphatic hydroxyl groups excluding tert-OH is 2. The molecule has 2 aliphatic heterocycles. The molecule has 7 atom stereocenters. The third-order valence-corrected chi connectivity index (χ3v) is 8.61. The predicted molar refractivity (Wildman–Crippen MR) is 102 cm³/mol. The minimum absolute atomic E-state index is 0.0363. The van der Waals surface area contributed by atoms with Crippen molar-refractivity contribution >= 4 is 0 Å². The number of allylic oxidation sites excluding steroid dienone is 3. The maximum Gasteiger partial charge on any atom is 0.153 e. The highest BCUT2D eigenvalue weighted by Gasteiger charge is 2.73. The Bertz CT molecular complexity index is 682. The first-order valence-electron chi connectivity index (χ1n) is 10.8. The molecule has 0 amide bonds. The van der Waals surface area contributed by atoms with E-state index in [-0.39, 0.29) is 23.6 Å². The molecule has 4 unspecified atom stereocenters. The lowest BCUT2D eigenvalue weighted by Gasteiger charge is -2.64. The Balaban J connectivity index is 1.58. The van der Waals surface area contributed by atoms with Crippen molar-refractivity contribution in [2.75, 3.05) is 13.1 Å². The van der Waals surface area contributed by atoms with Gasteiger partial charge in [0, 0.05) is 18.5 Å². The summed E-state index contributed by atoms with van der Waals surface area (Å²) in [7, 11) is 0. The molecule has 0 radical (unpaired) electrons. The Morgan fingerprint density at radius 3 is 2.81 bits per heavy atom. The van der Waals surface area contributed by atoms with Gasteiger partial charge in [0.25, 0.3) is 0 Å². The molecule has 0 aromatic heterocycles. The second kappa shape index (κ2) is 5.98. The Labute approximate surface area is 161 Å². The summed E-state index contributed by atoms with van der Waals surface area (Å²) in [5.74, 6) is 1.76. The summed E-state index contributed by atoms with van der Waals surface area (Å²) in [6, 6.07) is 0.0764. The van der Waals surface area contributed by atoms with Crippen molar-refractivity contribution < 1.29 is 20.1 Å². The zero-order chi connectivity index (χ0) is 19.0. The maximum absolute atomic E-state index is 12.0. The van der Waals surface area contributed by atoms with Crippen molar-refractivity contribution in [3.63, 3.8) is 0 Å². The molecule has 3 N–H and O–H groups in total. The van der Waals surface area contributed by atoms with Crippen LogP contribution < -0.4 is 0 Å². The Morgan fingerprint density at radius 1 is 1.37 bits per heavy atom. The Morgan fingerprint density at radius 2 is 2.15 bits per heavy atom. The predicted octanol–water partition coefficient (Wildman–Crippen LogP) is 2.74. The van der Waals surface area contributed by atoms with Gasteiger partial charge < -0.3 is 20.1 Å². The quantitative estimate of drug-likeness (QED) is 0.705. The van der Waals surface area contributed by atoms with Crippen LogP contribution in [0.4, 0.5) is 0 Å². The van der Waals surface area contributed by atoms with Crippen LogP contribution in [0.3, 0.4) is 0 Å². The first kappa shape index (κ1) is 18.0. The van der Waals surface area contributed by atoms with Gasteiger partial charge in [-0.3, -0.25) is 4.90 Å². The van der Waals surface area contributed by atoms with E-state index in [4.69, 9.17) is 4.74 Å². The molecule has 2 bridgehead atoms. The van der Waals surface area contributed by atoms with Gasteiger partial charge in [-0.15, -0.1) is 0 Å². The molecule has 5 aliphatic rings. The largest absolute Gasteiger partial charge is 0.504 e. The lowest BCUT2D eigenvalue weighted by molar-refractivity contribution is -0.237. The zero-order valence-electron chi connectivity index (χ0n) is 16.5. The van der Waals surface area contributed by atoms with E-state index >= 15 is 0 Å². The van der Waals surface area contributed by atoms with E-state index in [1.54, 1.807) is 6.08 Å². The summed E-state index contributed by atoms with van der Waals surface area (Å²) in [4.78, 5) is 2.52. The van der Waals surface area contributed by atoms with Crippen molar-refractivity contribution in [1.82, 2.24) is 4.90 Å². The van der Waals surface area contributed by atoms with Crippen LogP contribution in [0, 0.1) is 23.2 Å². The van der Waals surface area contributed by atoms with Gasteiger partial charge in [0.15, 0.2) is 5.76 Å². The molecule has 5 rings (SSSR count). The average molecular weight is 376 g/mol. The summed E-state index contributed by atoms with van der Waals surface area (Å²) in [5, 5.41) is 33.3. The van der Waals surface area contributed by atoms with Crippen LogP contribution in [0.25, 0.3) is 0 Å². The summed E-state index contributed by atoms with van der Waals surface area (Å²) >= 11 is 0. The summed E-state index contributed by atoms with van der Waals surface area (Å²) in [6.45, 7) is 5.94. The normalized spacial score (nSPS) is 47.4. The number of likely N-dealkylation sites (tertiary alicyclic amines) is 1. The van der Waals surface area contributed by atoms with E-state index in [1.165, 1.54) is 19.3 Å². The SMILES string of the molecule is CCC(O)C1OC2=C(O)C=CC3C[C@H]4N(CC5CCC5)CC[C@@]1(C23)[C@]4(C)O.